The van der Waals surface area contributed by atoms with Gasteiger partial charge in [0.2, 0.25) is 0 Å². The molecule has 0 aromatic heterocycles. The number of methoxy groups -OCH3 is 1. The second-order valence-electron chi connectivity index (χ2n) is 4.52. The molecule has 4 heteroatoms. The van der Waals surface area contributed by atoms with Crippen molar-refractivity contribution in [2.45, 2.75) is 13.3 Å². The molecule has 0 saturated heterocycles. The molecule has 2 aromatic rings. The van der Waals surface area contributed by atoms with Crippen LogP contribution in [0.5, 0.6) is 5.75 Å². The Hall–Kier alpha value is -1.68. The minimum Gasteiger partial charge on any atom is -0.496 e. The summed E-state index contributed by atoms with van der Waals surface area (Å²) in [6, 6.07) is 9.65. The number of carbonyl (C=O) groups excluding carboxylic acids is 1. The lowest BCUT2D eigenvalue weighted by Gasteiger charge is -2.08. The number of ketones is 1. The van der Waals surface area contributed by atoms with E-state index in [0.29, 0.717) is 16.9 Å². The summed E-state index contributed by atoms with van der Waals surface area (Å²) in [6.45, 7) is 1.87. The molecule has 104 valence electrons. The fourth-order valence-corrected chi connectivity index (χ4v) is 2.49. The summed E-state index contributed by atoms with van der Waals surface area (Å²) in [5.41, 5.74) is 2.19. The Morgan fingerprint density at radius 1 is 1.25 bits per heavy atom. The fraction of sp³-hybridized carbons (Fsp3) is 0.188. The molecule has 20 heavy (non-hydrogen) atoms. The Balaban J connectivity index is 2.24. The monoisotopic (exact) mass is 336 g/mol. The van der Waals surface area contributed by atoms with E-state index in [0.717, 1.165) is 10.0 Å². The van der Waals surface area contributed by atoms with Crippen molar-refractivity contribution < 1.29 is 13.9 Å². The second-order valence-corrected chi connectivity index (χ2v) is 5.37. The van der Waals surface area contributed by atoms with Gasteiger partial charge in [-0.3, -0.25) is 4.79 Å². The van der Waals surface area contributed by atoms with Crippen molar-refractivity contribution in [2.75, 3.05) is 7.11 Å². The highest BCUT2D eigenvalue weighted by Crippen LogP contribution is 2.26. The van der Waals surface area contributed by atoms with Crippen molar-refractivity contribution >= 4 is 21.7 Å². The van der Waals surface area contributed by atoms with E-state index in [-0.39, 0.29) is 18.0 Å². The highest BCUT2D eigenvalue weighted by Gasteiger charge is 2.11. The maximum absolute atomic E-state index is 13.2. The number of ether oxygens (including phenoxy) is 1. The molecule has 0 fully saturated rings. The van der Waals surface area contributed by atoms with E-state index in [2.05, 4.69) is 15.9 Å². The quantitative estimate of drug-likeness (QED) is 0.776. The summed E-state index contributed by atoms with van der Waals surface area (Å²) in [7, 11) is 1.57. The predicted molar refractivity (Wildman–Crippen MR) is 79.9 cm³/mol. The normalized spacial score (nSPS) is 10.4. The maximum atomic E-state index is 13.2. The van der Waals surface area contributed by atoms with Gasteiger partial charge in [-0.2, -0.15) is 0 Å². The third kappa shape index (κ3) is 3.25. The molecule has 0 bridgehead atoms. The Kier molecular flexibility index (Phi) is 4.55. The summed E-state index contributed by atoms with van der Waals surface area (Å²) in [5.74, 6) is 0.292. The largest absolute Gasteiger partial charge is 0.496 e. The standard InChI is InChI=1S/C16H14BrFO2/c1-10-3-5-13(18)7-12(10)9-15(19)11-4-6-16(20-2)14(17)8-11/h3-8H,9H2,1-2H3. The summed E-state index contributed by atoms with van der Waals surface area (Å²) in [5, 5.41) is 0. The first kappa shape index (κ1) is 14.7. The molecule has 0 heterocycles. The SMILES string of the molecule is COc1ccc(C(=O)Cc2cc(F)ccc2C)cc1Br. The van der Waals surface area contributed by atoms with Crippen LogP contribution in [0.15, 0.2) is 40.9 Å². The van der Waals surface area contributed by atoms with E-state index in [1.807, 2.05) is 6.92 Å². The minimum atomic E-state index is -0.325. The second kappa shape index (κ2) is 6.18. The zero-order valence-corrected chi connectivity index (χ0v) is 12.8. The van der Waals surface area contributed by atoms with Gasteiger partial charge in [0, 0.05) is 12.0 Å². The van der Waals surface area contributed by atoms with Gasteiger partial charge >= 0.3 is 0 Å². The Labute approximate surface area is 125 Å². The fourth-order valence-electron chi connectivity index (χ4n) is 1.95. The molecule has 0 saturated carbocycles. The van der Waals surface area contributed by atoms with Gasteiger partial charge in [-0.25, -0.2) is 4.39 Å². The predicted octanol–water partition coefficient (Wildman–Crippen LogP) is 4.33. The number of benzene rings is 2. The number of halogens is 2. The number of hydrogen-bond acceptors (Lipinski definition) is 2. The molecule has 2 aromatic carbocycles. The molecular weight excluding hydrogens is 323 g/mol. The number of rotatable bonds is 4. The number of Topliss-reactive ketones (excluding diaryl/α,β-unsaturated/α-hetero) is 1. The smallest absolute Gasteiger partial charge is 0.167 e. The Morgan fingerprint density at radius 2 is 2.00 bits per heavy atom. The van der Waals surface area contributed by atoms with E-state index in [9.17, 15) is 9.18 Å². The summed E-state index contributed by atoms with van der Waals surface area (Å²) < 4.78 is 19.1. The van der Waals surface area contributed by atoms with E-state index >= 15 is 0 Å². The zero-order valence-electron chi connectivity index (χ0n) is 11.2. The maximum Gasteiger partial charge on any atom is 0.167 e. The molecule has 0 unspecified atom stereocenters. The molecular formula is C16H14BrFO2. The van der Waals surface area contributed by atoms with Crippen LogP contribution in [0.1, 0.15) is 21.5 Å². The highest BCUT2D eigenvalue weighted by atomic mass is 79.9. The van der Waals surface area contributed by atoms with E-state index in [4.69, 9.17) is 4.74 Å². The summed E-state index contributed by atoms with van der Waals surface area (Å²) in [4.78, 5) is 12.2. The third-order valence-corrected chi connectivity index (χ3v) is 3.76. The molecule has 0 aliphatic carbocycles. The van der Waals surface area contributed by atoms with Crippen LogP contribution in [0.3, 0.4) is 0 Å². The number of carbonyl (C=O) groups is 1. The molecule has 0 aliphatic heterocycles. The van der Waals surface area contributed by atoms with Crippen molar-refractivity contribution in [2.24, 2.45) is 0 Å². The van der Waals surface area contributed by atoms with Crippen molar-refractivity contribution in [1.82, 2.24) is 0 Å². The molecule has 0 spiro atoms. The lowest BCUT2D eigenvalue weighted by molar-refractivity contribution is 0.0992. The first-order valence-electron chi connectivity index (χ1n) is 6.13. The molecule has 0 amide bonds. The third-order valence-electron chi connectivity index (χ3n) is 3.14. The van der Waals surface area contributed by atoms with Crippen molar-refractivity contribution in [3.05, 3.63) is 63.4 Å². The molecule has 0 aliphatic rings. The Bertz CT molecular complexity index is 653. The summed E-state index contributed by atoms with van der Waals surface area (Å²) >= 11 is 3.35. The van der Waals surface area contributed by atoms with Gasteiger partial charge in [-0.1, -0.05) is 6.07 Å². The van der Waals surface area contributed by atoms with Gasteiger partial charge in [0.1, 0.15) is 11.6 Å². The van der Waals surface area contributed by atoms with Gasteiger partial charge in [-0.05, 0) is 64.3 Å². The first-order valence-corrected chi connectivity index (χ1v) is 6.92. The van der Waals surface area contributed by atoms with Gasteiger partial charge in [-0.15, -0.1) is 0 Å². The van der Waals surface area contributed by atoms with Crippen LogP contribution >= 0.6 is 15.9 Å². The van der Waals surface area contributed by atoms with Crippen LogP contribution in [0.25, 0.3) is 0 Å². The molecule has 0 N–H and O–H groups in total. The molecule has 0 atom stereocenters. The first-order chi connectivity index (χ1) is 9.51. The van der Waals surface area contributed by atoms with Crippen LogP contribution in [-0.4, -0.2) is 12.9 Å². The van der Waals surface area contributed by atoms with Crippen LogP contribution in [-0.2, 0) is 6.42 Å². The zero-order chi connectivity index (χ0) is 14.7. The van der Waals surface area contributed by atoms with Gasteiger partial charge in [0.05, 0.1) is 11.6 Å². The lowest BCUT2D eigenvalue weighted by Crippen LogP contribution is -2.05. The highest BCUT2D eigenvalue weighted by molar-refractivity contribution is 9.10. The van der Waals surface area contributed by atoms with Gasteiger partial charge < -0.3 is 4.74 Å². The van der Waals surface area contributed by atoms with Crippen LogP contribution in [0.4, 0.5) is 4.39 Å². The van der Waals surface area contributed by atoms with Crippen LogP contribution < -0.4 is 4.74 Å². The Morgan fingerprint density at radius 3 is 2.65 bits per heavy atom. The van der Waals surface area contributed by atoms with Gasteiger partial charge in [0.25, 0.3) is 0 Å². The summed E-state index contributed by atoms with van der Waals surface area (Å²) in [6.07, 6.45) is 0.183. The average molecular weight is 337 g/mol. The van der Waals surface area contributed by atoms with E-state index in [1.165, 1.54) is 12.1 Å². The van der Waals surface area contributed by atoms with E-state index < -0.39 is 0 Å². The van der Waals surface area contributed by atoms with E-state index in [1.54, 1.807) is 31.4 Å². The van der Waals surface area contributed by atoms with Crippen molar-refractivity contribution in [3.63, 3.8) is 0 Å². The average Bonchev–Trinajstić information content (AvgIpc) is 2.42. The van der Waals surface area contributed by atoms with Gasteiger partial charge in [0.15, 0.2) is 5.78 Å². The number of aryl methyl sites for hydroxylation is 1. The van der Waals surface area contributed by atoms with Crippen LogP contribution in [0.2, 0.25) is 0 Å². The van der Waals surface area contributed by atoms with Crippen molar-refractivity contribution in [3.8, 4) is 5.75 Å². The van der Waals surface area contributed by atoms with Crippen LogP contribution in [0, 0.1) is 12.7 Å². The topological polar surface area (TPSA) is 26.3 Å². The number of hydrogen-bond donors (Lipinski definition) is 0. The lowest BCUT2D eigenvalue weighted by atomic mass is 9.99. The molecule has 2 nitrogen and oxygen atoms in total. The molecule has 0 radical (unpaired) electrons. The van der Waals surface area contributed by atoms with Crippen molar-refractivity contribution in [1.29, 1.82) is 0 Å². The molecule has 2 rings (SSSR count). The minimum absolute atomic E-state index is 0.0537.